The fourth-order valence-corrected chi connectivity index (χ4v) is 3.45. The Balaban J connectivity index is 1.52. The van der Waals surface area contributed by atoms with Crippen molar-refractivity contribution in [2.24, 2.45) is 0 Å². The third-order valence-electron chi connectivity index (χ3n) is 5.16. The summed E-state index contributed by atoms with van der Waals surface area (Å²) >= 11 is 0. The minimum Gasteiger partial charge on any atom is -0.497 e. The second-order valence-electron chi connectivity index (χ2n) is 7.59. The van der Waals surface area contributed by atoms with Crippen molar-refractivity contribution < 1.29 is 23.7 Å². The molecule has 0 heterocycles. The van der Waals surface area contributed by atoms with Gasteiger partial charge in [-0.05, 0) is 61.5 Å². The van der Waals surface area contributed by atoms with E-state index in [0.29, 0.717) is 46.6 Å². The number of hydrogen-bond donors (Lipinski definition) is 1. The molecule has 6 heteroatoms. The number of ether oxygens (including phenoxy) is 4. The molecule has 0 bridgehead atoms. The van der Waals surface area contributed by atoms with Crippen LogP contribution in [0.15, 0.2) is 97.1 Å². The Morgan fingerprint density at radius 3 is 2.29 bits per heavy atom. The van der Waals surface area contributed by atoms with E-state index in [1.165, 1.54) is 0 Å². The van der Waals surface area contributed by atoms with Crippen LogP contribution in [-0.2, 0) is 6.61 Å². The number of hydrogen-bond acceptors (Lipinski definition) is 5. The van der Waals surface area contributed by atoms with E-state index in [1.807, 2.05) is 73.7 Å². The summed E-state index contributed by atoms with van der Waals surface area (Å²) in [6.07, 6.45) is 0. The van der Waals surface area contributed by atoms with Crippen molar-refractivity contribution >= 4 is 11.6 Å². The molecule has 0 atom stereocenters. The second-order valence-corrected chi connectivity index (χ2v) is 7.59. The standard InChI is InChI=1S/C29H27NO5/c1-3-33-27-17-16-21(18-22(27)20-34-25-13-9-12-24(19-25)32-2)29(31)30-26-14-7-8-15-28(26)35-23-10-5-4-6-11-23/h4-19H,3,20H2,1-2H3,(H,30,31). The fourth-order valence-electron chi connectivity index (χ4n) is 3.45. The van der Waals surface area contributed by atoms with E-state index in [4.69, 9.17) is 18.9 Å². The van der Waals surface area contributed by atoms with Gasteiger partial charge in [-0.25, -0.2) is 0 Å². The number of methoxy groups -OCH3 is 1. The fraction of sp³-hybridized carbons (Fsp3) is 0.138. The lowest BCUT2D eigenvalue weighted by Crippen LogP contribution is -2.13. The van der Waals surface area contributed by atoms with Crippen LogP contribution >= 0.6 is 0 Å². The first-order valence-electron chi connectivity index (χ1n) is 11.3. The summed E-state index contributed by atoms with van der Waals surface area (Å²) in [6, 6.07) is 29.4. The van der Waals surface area contributed by atoms with Crippen LogP contribution in [0.2, 0.25) is 0 Å². The molecule has 1 N–H and O–H groups in total. The lowest BCUT2D eigenvalue weighted by atomic mass is 10.1. The summed E-state index contributed by atoms with van der Waals surface area (Å²) < 4.78 is 22.9. The first kappa shape index (κ1) is 23.7. The zero-order valence-electron chi connectivity index (χ0n) is 19.7. The van der Waals surface area contributed by atoms with E-state index in [2.05, 4.69) is 5.32 Å². The van der Waals surface area contributed by atoms with Crippen LogP contribution in [0, 0.1) is 0 Å². The molecular weight excluding hydrogens is 442 g/mol. The third-order valence-corrected chi connectivity index (χ3v) is 5.16. The van der Waals surface area contributed by atoms with Crippen LogP contribution in [0.25, 0.3) is 0 Å². The third kappa shape index (κ3) is 6.32. The molecule has 35 heavy (non-hydrogen) atoms. The van der Waals surface area contributed by atoms with Crippen LogP contribution in [0.1, 0.15) is 22.8 Å². The van der Waals surface area contributed by atoms with Gasteiger partial charge in [0.1, 0.15) is 29.6 Å². The minimum atomic E-state index is -0.264. The van der Waals surface area contributed by atoms with Gasteiger partial charge in [0.2, 0.25) is 0 Å². The van der Waals surface area contributed by atoms with Gasteiger partial charge >= 0.3 is 0 Å². The molecule has 0 spiro atoms. The predicted octanol–water partition coefficient (Wildman–Crippen LogP) is 6.72. The first-order chi connectivity index (χ1) is 17.2. The van der Waals surface area contributed by atoms with Crippen molar-refractivity contribution in [2.75, 3.05) is 19.0 Å². The van der Waals surface area contributed by atoms with Gasteiger partial charge < -0.3 is 24.3 Å². The molecule has 178 valence electrons. The summed E-state index contributed by atoms with van der Waals surface area (Å²) in [5, 5.41) is 2.95. The molecule has 6 nitrogen and oxygen atoms in total. The molecule has 0 aliphatic carbocycles. The summed E-state index contributed by atoms with van der Waals surface area (Å²) in [7, 11) is 1.61. The summed E-state index contributed by atoms with van der Waals surface area (Å²) in [4.78, 5) is 13.1. The van der Waals surface area contributed by atoms with Crippen molar-refractivity contribution in [2.45, 2.75) is 13.5 Å². The van der Waals surface area contributed by atoms with Gasteiger partial charge in [0.25, 0.3) is 5.91 Å². The van der Waals surface area contributed by atoms with E-state index in [9.17, 15) is 4.79 Å². The zero-order chi connectivity index (χ0) is 24.5. The molecule has 0 saturated carbocycles. The van der Waals surface area contributed by atoms with Gasteiger partial charge in [-0.2, -0.15) is 0 Å². The van der Waals surface area contributed by atoms with E-state index in [0.717, 1.165) is 5.56 Å². The van der Waals surface area contributed by atoms with Crippen LogP contribution in [-0.4, -0.2) is 19.6 Å². The van der Waals surface area contributed by atoms with Crippen LogP contribution in [0.5, 0.6) is 28.7 Å². The Morgan fingerprint density at radius 2 is 1.49 bits per heavy atom. The van der Waals surface area contributed by atoms with Gasteiger partial charge in [-0.1, -0.05) is 36.4 Å². The molecule has 0 aliphatic heterocycles. The number of benzene rings is 4. The van der Waals surface area contributed by atoms with Crippen molar-refractivity contribution in [3.05, 3.63) is 108 Å². The van der Waals surface area contributed by atoms with E-state index in [-0.39, 0.29) is 12.5 Å². The predicted molar refractivity (Wildman–Crippen MR) is 136 cm³/mol. The van der Waals surface area contributed by atoms with Gasteiger partial charge in [0.05, 0.1) is 19.4 Å². The van der Waals surface area contributed by atoms with Gasteiger partial charge in [0, 0.05) is 17.2 Å². The Morgan fingerprint density at radius 1 is 0.743 bits per heavy atom. The first-order valence-corrected chi connectivity index (χ1v) is 11.3. The highest BCUT2D eigenvalue weighted by Gasteiger charge is 2.14. The Bertz CT molecular complexity index is 1270. The average Bonchev–Trinajstić information content (AvgIpc) is 2.90. The Labute approximate surface area is 205 Å². The van der Waals surface area contributed by atoms with Crippen LogP contribution in [0.3, 0.4) is 0 Å². The van der Waals surface area contributed by atoms with Gasteiger partial charge in [-0.15, -0.1) is 0 Å². The molecule has 0 radical (unpaired) electrons. The lowest BCUT2D eigenvalue weighted by Gasteiger charge is -2.15. The zero-order valence-corrected chi connectivity index (χ0v) is 19.7. The van der Waals surface area contributed by atoms with Crippen LogP contribution in [0.4, 0.5) is 5.69 Å². The van der Waals surface area contributed by atoms with Gasteiger partial charge in [-0.3, -0.25) is 4.79 Å². The number of amides is 1. The van der Waals surface area contributed by atoms with Crippen molar-refractivity contribution in [1.29, 1.82) is 0 Å². The molecular formula is C29H27NO5. The molecule has 0 aromatic heterocycles. The maximum absolute atomic E-state index is 13.1. The molecule has 0 unspecified atom stereocenters. The lowest BCUT2D eigenvalue weighted by molar-refractivity contribution is 0.102. The molecule has 4 aromatic carbocycles. The average molecular weight is 470 g/mol. The molecule has 4 aromatic rings. The highest BCUT2D eigenvalue weighted by atomic mass is 16.5. The second kappa shape index (κ2) is 11.6. The Kier molecular flexibility index (Phi) is 7.86. The van der Waals surface area contributed by atoms with Crippen molar-refractivity contribution in [1.82, 2.24) is 0 Å². The maximum atomic E-state index is 13.1. The van der Waals surface area contributed by atoms with Crippen molar-refractivity contribution in [3.8, 4) is 28.7 Å². The number of rotatable bonds is 10. The number of carbonyl (C=O) groups excluding carboxylic acids is 1. The summed E-state index contributed by atoms with van der Waals surface area (Å²) in [6.45, 7) is 2.65. The monoisotopic (exact) mass is 469 g/mol. The topological polar surface area (TPSA) is 66.0 Å². The normalized spacial score (nSPS) is 10.3. The SMILES string of the molecule is CCOc1ccc(C(=O)Nc2ccccc2Oc2ccccc2)cc1COc1cccc(OC)c1. The highest BCUT2D eigenvalue weighted by molar-refractivity contribution is 6.05. The van der Waals surface area contributed by atoms with E-state index >= 15 is 0 Å². The smallest absolute Gasteiger partial charge is 0.255 e. The molecule has 0 fully saturated rings. The molecule has 0 saturated heterocycles. The number of carbonyl (C=O) groups is 1. The van der Waals surface area contributed by atoms with Crippen LogP contribution < -0.4 is 24.3 Å². The van der Waals surface area contributed by atoms with E-state index in [1.54, 1.807) is 37.4 Å². The van der Waals surface area contributed by atoms with Gasteiger partial charge in [0.15, 0.2) is 5.75 Å². The molecule has 1 amide bonds. The van der Waals surface area contributed by atoms with E-state index < -0.39 is 0 Å². The minimum absolute atomic E-state index is 0.233. The number of anilines is 1. The quantitative estimate of drug-likeness (QED) is 0.279. The highest BCUT2D eigenvalue weighted by Crippen LogP contribution is 2.30. The number of nitrogens with one attached hydrogen (secondary N) is 1. The summed E-state index contributed by atoms with van der Waals surface area (Å²) in [5.41, 5.74) is 1.81. The molecule has 4 rings (SSSR count). The largest absolute Gasteiger partial charge is 0.497 e. The Hall–Kier alpha value is -4.45. The van der Waals surface area contributed by atoms with Crippen molar-refractivity contribution in [3.63, 3.8) is 0 Å². The maximum Gasteiger partial charge on any atom is 0.255 e. The number of para-hydroxylation sites is 3. The summed E-state index contributed by atoms with van der Waals surface area (Å²) in [5.74, 6) is 3.01. The molecule has 0 aliphatic rings.